The van der Waals surface area contributed by atoms with Gasteiger partial charge < -0.3 is 9.73 Å². The van der Waals surface area contributed by atoms with Gasteiger partial charge in [-0.15, -0.1) is 11.3 Å². The van der Waals surface area contributed by atoms with E-state index in [4.69, 9.17) is 4.42 Å². The number of nitro benzene ring substituents is 1. The van der Waals surface area contributed by atoms with Crippen LogP contribution in [0.3, 0.4) is 0 Å². The SMILES string of the molecule is Cc1ccc(CNc2nc3c([N+](=O)[O-])cccc3o2)s1. The summed E-state index contributed by atoms with van der Waals surface area (Å²) in [7, 11) is 0. The topological polar surface area (TPSA) is 81.2 Å². The minimum absolute atomic E-state index is 0.0498. The van der Waals surface area contributed by atoms with Gasteiger partial charge in [-0.2, -0.15) is 4.98 Å². The van der Waals surface area contributed by atoms with E-state index in [1.807, 2.05) is 19.1 Å². The zero-order chi connectivity index (χ0) is 14.1. The smallest absolute Gasteiger partial charge is 0.298 e. The molecule has 1 N–H and O–H groups in total. The lowest BCUT2D eigenvalue weighted by molar-refractivity contribution is -0.383. The molecule has 0 amide bonds. The molecule has 0 spiro atoms. The summed E-state index contributed by atoms with van der Waals surface area (Å²) in [6.07, 6.45) is 0. The van der Waals surface area contributed by atoms with Crippen LogP contribution in [-0.2, 0) is 6.54 Å². The number of oxazole rings is 1. The minimum Gasteiger partial charge on any atom is -0.423 e. The van der Waals surface area contributed by atoms with Crippen LogP contribution in [0.15, 0.2) is 34.7 Å². The van der Waals surface area contributed by atoms with Crippen molar-refractivity contribution < 1.29 is 9.34 Å². The standard InChI is InChI=1S/C13H11N3O3S/c1-8-5-6-9(20-8)7-14-13-15-12-10(16(17)18)3-2-4-11(12)19-13/h2-6H,7H2,1H3,(H,14,15). The summed E-state index contributed by atoms with van der Waals surface area (Å²) in [5, 5.41) is 14.0. The first-order valence-electron chi connectivity index (χ1n) is 5.96. The van der Waals surface area contributed by atoms with Crippen molar-refractivity contribution in [3.63, 3.8) is 0 Å². The Balaban J connectivity index is 1.86. The summed E-state index contributed by atoms with van der Waals surface area (Å²) in [5.41, 5.74) is 0.623. The molecule has 1 aromatic carbocycles. The van der Waals surface area contributed by atoms with E-state index < -0.39 is 4.92 Å². The van der Waals surface area contributed by atoms with E-state index in [2.05, 4.69) is 10.3 Å². The molecule has 2 heterocycles. The van der Waals surface area contributed by atoms with E-state index in [0.29, 0.717) is 18.1 Å². The Kier molecular flexibility index (Phi) is 3.11. The van der Waals surface area contributed by atoms with Gasteiger partial charge in [0.15, 0.2) is 11.1 Å². The average molecular weight is 289 g/mol. The normalized spacial score (nSPS) is 10.8. The zero-order valence-corrected chi connectivity index (χ0v) is 11.4. The first-order valence-corrected chi connectivity index (χ1v) is 6.78. The van der Waals surface area contributed by atoms with Crippen molar-refractivity contribution in [2.45, 2.75) is 13.5 Å². The molecule has 0 aliphatic rings. The molecule has 0 aliphatic heterocycles. The Morgan fingerprint density at radius 2 is 2.25 bits per heavy atom. The molecule has 0 aliphatic carbocycles. The summed E-state index contributed by atoms with van der Waals surface area (Å²) in [6, 6.07) is 9.02. The van der Waals surface area contributed by atoms with Crippen molar-refractivity contribution in [3.05, 3.63) is 50.2 Å². The maximum atomic E-state index is 10.9. The second-order valence-electron chi connectivity index (χ2n) is 4.27. The average Bonchev–Trinajstić information content (AvgIpc) is 3.01. The molecule has 2 aromatic heterocycles. The van der Waals surface area contributed by atoms with E-state index in [0.717, 1.165) is 4.88 Å². The Morgan fingerprint density at radius 3 is 2.95 bits per heavy atom. The lowest BCUT2D eigenvalue weighted by atomic mass is 10.3. The van der Waals surface area contributed by atoms with E-state index in [-0.39, 0.29) is 11.2 Å². The fourth-order valence-electron chi connectivity index (χ4n) is 1.90. The van der Waals surface area contributed by atoms with E-state index in [9.17, 15) is 10.1 Å². The fraction of sp³-hybridized carbons (Fsp3) is 0.154. The summed E-state index contributed by atoms with van der Waals surface area (Å²) >= 11 is 1.68. The summed E-state index contributed by atoms with van der Waals surface area (Å²) in [6.45, 7) is 2.62. The van der Waals surface area contributed by atoms with Gasteiger partial charge in [0.25, 0.3) is 11.7 Å². The molecule has 7 heteroatoms. The molecule has 6 nitrogen and oxygen atoms in total. The van der Waals surface area contributed by atoms with Gasteiger partial charge in [-0.3, -0.25) is 10.1 Å². The van der Waals surface area contributed by atoms with Crippen LogP contribution in [-0.4, -0.2) is 9.91 Å². The molecule has 0 radical (unpaired) electrons. The van der Waals surface area contributed by atoms with E-state index in [1.54, 1.807) is 23.5 Å². The zero-order valence-electron chi connectivity index (χ0n) is 10.6. The van der Waals surface area contributed by atoms with Crippen molar-refractivity contribution in [2.75, 3.05) is 5.32 Å². The third kappa shape index (κ3) is 2.35. The molecule has 0 saturated heterocycles. The van der Waals surface area contributed by atoms with Crippen molar-refractivity contribution in [1.29, 1.82) is 0 Å². The summed E-state index contributed by atoms with van der Waals surface area (Å²) in [4.78, 5) is 17.0. The predicted molar refractivity (Wildman–Crippen MR) is 77.0 cm³/mol. The molecule has 0 unspecified atom stereocenters. The number of benzene rings is 1. The van der Waals surface area contributed by atoms with Crippen LogP contribution in [0.2, 0.25) is 0 Å². The molecule has 0 bridgehead atoms. The lowest BCUT2D eigenvalue weighted by Crippen LogP contribution is -1.97. The lowest BCUT2D eigenvalue weighted by Gasteiger charge is -1.97. The number of hydrogen-bond acceptors (Lipinski definition) is 6. The Hall–Kier alpha value is -2.41. The van der Waals surface area contributed by atoms with Gasteiger partial charge in [0.05, 0.1) is 11.5 Å². The minimum atomic E-state index is -0.461. The maximum absolute atomic E-state index is 10.9. The van der Waals surface area contributed by atoms with Gasteiger partial charge in [0, 0.05) is 15.8 Å². The number of aryl methyl sites for hydroxylation is 1. The third-order valence-electron chi connectivity index (χ3n) is 2.80. The number of para-hydroxylation sites is 1. The van der Waals surface area contributed by atoms with Crippen LogP contribution in [0.5, 0.6) is 0 Å². The number of nitrogens with zero attached hydrogens (tertiary/aromatic N) is 2. The van der Waals surface area contributed by atoms with Crippen LogP contribution in [0.1, 0.15) is 9.75 Å². The third-order valence-corrected chi connectivity index (χ3v) is 3.80. The van der Waals surface area contributed by atoms with Crippen molar-refractivity contribution >= 4 is 34.1 Å². The summed E-state index contributed by atoms with van der Waals surface area (Å²) in [5.74, 6) is 0. The predicted octanol–water partition coefficient (Wildman–Crippen LogP) is 3.72. The molecule has 0 saturated carbocycles. The van der Waals surface area contributed by atoms with Crippen LogP contribution < -0.4 is 5.32 Å². The molecule has 3 rings (SSSR count). The van der Waals surface area contributed by atoms with Crippen molar-refractivity contribution in [3.8, 4) is 0 Å². The number of fused-ring (bicyclic) bond motifs is 1. The molecular formula is C13H11N3O3S. The van der Waals surface area contributed by atoms with Gasteiger partial charge in [-0.05, 0) is 25.1 Å². The molecule has 3 aromatic rings. The molecule has 0 atom stereocenters. The maximum Gasteiger partial charge on any atom is 0.298 e. The largest absolute Gasteiger partial charge is 0.423 e. The Labute approximate surface area is 118 Å². The highest BCUT2D eigenvalue weighted by Gasteiger charge is 2.17. The highest BCUT2D eigenvalue weighted by atomic mass is 32.1. The van der Waals surface area contributed by atoms with E-state index >= 15 is 0 Å². The highest BCUT2D eigenvalue weighted by molar-refractivity contribution is 7.11. The molecule has 102 valence electrons. The van der Waals surface area contributed by atoms with E-state index in [1.165, 1.54) is 10.9 Å². The Morgan fingerprint density at radius 1 is 1.40 bits per heavy atom. The second kappa shape index (κ2) is 4.93. The molecule has 20 heavy (non-hydrogen) atoms. The number of nitro groups is 1. The van der Waals surface area contributed by atoms with Gasteiger partial charge in [0.1, 0.15) is 0 Å². The van der Waals surface area contributed by atoms with Crippen LogP contribution in [0, 0.1) is 17.0 Å². The molecular weight excluding hydrogens is 278 g/mol. The first-order chi connectivity index (χ1) is 9.63. The van der Waals surface area contributed by atoms with Gasteiger partial charge in [-0.1, -0.05) is 6.07 Å². The number of nitrogens with one attached hydrogen (secondary N) is 1. The van der Waals surface area contributed by atoms with Crippen LogP contribution in [0.25, 0.3) is 11.1 Å². The first kappa shape index (κ1) is 12.6. The number of hydrogen-bond donors (Lipinski definition) is 1. The molecule has 0 fully saturated rings. The number of non-ortho nitro benzene ring substituents is 1. The quantitative estimate of drug-likeness (QED) is 0.584. The van der Waals surface area contributed by atoms with Gasteiger partial charge in [-0.25, -0.2) is 0 Å². The van der Waals surface area contributed by atoms with Gasteiger partial charge in [0.2, 0.25) is 0 Å². The second-order valence-corrected chi connectivity index (χ2v) is 5.64. The summed E-state index contributed by atoms with van der Waals surface area (Å²) < 4.78 is 5.47. The highest BCUT2D eigenvalue weighted by Crippen LogP contribution is 2.27. The Bertz CT molecular complexity index is 778. The fourth-order valence-corrected chi connectivity index (χ4v) is 2.73. The number of thiophene rings is 1. The van der Waals surface area contributed by atoms with Crippen molar-refractivity contribution in [2.24, 2.45) is 0 Å². The number of rotatable bonds is 4. The monoisotopic (exact) mass is 289 g/mol. The number of aromatic nitrogens is 1. The van der Waals surface area contributed by atoms with Gasteiger partial charge >= 0.3 is 0 Å². The number of anilines is 1. The van der Waals surface area contributed by atoms with Crippen LogP contribution >= 0.6 is 11.3 Å². The van der Waals surface area contributed by atoms with Crippen LogP contribution in [0.4, 0.5) is 11.7 Å². The van der Waals surface area contributed by atoms with Crippen molar-refractivity contribution in [1.82, 2.24) is 4.98 Å².